The number of aryl methyl sites for hydroxylation is 2. The molecule has 4 rings (SSSR count). The molecule has 0 saturated carbocycles. The fraction of sp³-hybridized carbons (Fsp3) is 0.440. The number of hydrogen-bond donors (Lipinski definition) is 0. The Morgan fingerprint density at radius 3 is 2.64 bits per heavy atom. The standard InChI is InChI=1S/C25H31N5O3/c1-16-17(2)28-33-24(16)20-15-26-25(29(3)4)27-23(20)21-7-6-14-30(21)22(31)13-10-18-8-11-19(32-5)12-9-18/h8-9,11-12,15,21H,6-7,10,13-14H2,1-5H3. The van der Waals surface area contributed by atoms with Crippen LogP contribution in [0.5, 0.6) is 5.75 Å². The molecule has 1 atom stereocenters. The average Bonchev–Trinajstić information content (AvgIpc) is 3.44. The highest BCUT2D eigenvalue weighted by atomic mass is 16.5. The quantitative estimate of drug-likeness (QED) is 0.536. The van der Waals surface area contributed by atoms with Crippen LogP contribution in [0.1, 0.15) is 47.8 Å². The molecule has 0 N–H and O–H groups in total. The summed E-state index contributed by atoms with van der Waals surface area (Å²) in [5, 5.41) is 4.12. The summed E-state index contributed by atoms with van der Waals surface area (Å²) in [6.07, 6.45) is 4.73. The van der Waals surface area contributed by atoms with E-state index in [0.717, 1.165) is 53.2 Å². The zero-order valence-corrected chi connectivity index (χ0v) is 20.0. The maximum absolute atomic E-state index is 13.3. The zero-order chi connectivity index (χ0) is 23.5. The van der Waals surface area contributed by atoms with Crippen molar-refractivity contribution >= 4 is 11.9 Å². The maximum Gasteiger partial charge on any atom is 0.225 e. The van der Waals surface area contributed by atoms with Gasteiger partial charge in [0.1, 0.15) is 5.75 Å². The molecule has 0 bridgehead atoms. The summed E-state index contributed by atoms with van der Waals surface area (Å²) >= 11 is 0. The summed E-state index contributed by atoms with van der Waals surface area (Å²) in [4.78, 5) is 26.5. The first-order chi connectivity index (χ1) is 15.9. The van der Waals surface area contributed by atoms with Crippen molar-refractivity contribution in [2.75, 3.05) is 32.6 Å². The van der Waals surface area contributed by atoms with E-state index < -0.39 is 0 Å². The van der Waals surface area contributed by atoms with E-state index >= 15 is 0 Å². The predicted octanol–water partition coefficient (Wildman–Crippen LogP) is 4.12. The summed E-state index contributed by atoms with van der Waals surface area (Å²) in [5.41, 5.74) is 4.55. The van der Waals surface area contributed by atoms with Gasteiger partial charge in [-0.2, -0.15) is 0 Å². The summed E-state index contributed by atoms with van der Waals surface area (Å²) in [6.45, 7) is 4.63. The first-order valence-corrected chi connectivity index (χ1v) is 11.3. The zero-order valence-electron chi connectivity index (χ0n) is 20.0. The molecule has 8 heteroatoms. The SMILES string of the molecule is COc1ccc(CCC(=O)N2CCCC2c2nc(N(C)C)ncc2-c2onc(C)c2C)cc1. The topological polar surface area (TPSA) is 84.6 Å². The van der Waals surface area contributed by atoms with Gasteiger partial charge >= 0.3 is 0 Å². The highest BCUT2D eigenvalue weighted by Gasteiger charge is 2.34. The van der Waals surface area contributed by atoms with E-state index in [1.165, 1.54) is 0 Å². The van der Waals surface area contributed by atoms with Crippen LogP contribution in [0, 0.1) is 13.8 Å². The number of ether oxygens (including phenoxy) is 1. The van der Waals surface area contributed by atoms with Crippen LogP contribution in [0.2, 0.25) is 0 Å². The van der Waals surface area contributed by atoms with Crippen LogP contribution in [-0.4, -0.2) is 53.7 Å². The number of amides is 1. The number of benzene rings is 1. The number of aromatic nitrogens is 3. The van der Waals surface area contributed by atoms with Crippen LogP contribution in [0.4, 0.5) is 5.95 Å². The van der Waals surface area contributed by atoms with Gasteiger partial charge in [-0.3, -0.25) is 4.79 Å². The average molecular weight is 450 g/mol. The number of carbonyl (C=O) groups is 1. The molecule has 8 nitrogen and oxygen atoms in total. The molecule has 3 heterocycles. The molecule has 0 spiro atoms. The lowest BCUT2D eigenvalue weighted by molar-refractivity contribution is -0.132. The second-order valence-electron chi connectivity index (χ2n) is 8.68. The van der Waals surface area contributed by atoms with E-state index in [9.17, 15) is 4.79 Å². The molecule has 2 aromatic heterocycles. The molecule has 3 aromatic rings. The maximum atomic E-state index is 13.3. The number of rotatable bonds is 7. The Bertz CT molecular complexity index is 1120. The van der Waals surface area contributed by atoms with Gasteiger partial charge in [-0.25, -0.2) is 9.97 Å². The van der Waals surface area contributed by atoms with Crippen LogP contribution in [-0.2, 0) is 11.2 Å². The minimum atomic E-state index is -0.116. The normalized spacial score (nSPS) is 15.7. The van der Waals surface area contributed by atoms with Crippen molar-refractivity contribution in [1.82, 2.24) is 20.0 Å². The second-order valence-corrected chi connectivity index (χ2v) is 8.68. The van der Waals surface area contributed by atoms with Crippen molar-refractivity contribution < 1.29 is 14.1 Å². The van der Waals surface area contributed by atoms with Gasteiger partial charge < -0.3 is 19.1 Å². The van der Waals surface area contributed by atoms with Crippen LogP contribution >= 0.6 is 0 Å². The van der Waals surface area contributed by atoms with E-state index in [1.54, 1.807) is 13.3 Å². The lowest BCUT2D eigenvalue weighted by Crippen LogP contribution is -2.32. The third kappa shape index (κ3) is 4.69. The van der Waals surface area contributed by atoms with Crippen LogP contribution < -0.4 is 9.64 Å². The summed E-state index contributed by atoms with van der Waals surface area (Å²) in [7, 11) is 5.47. The monoisotopic (exact) mass is 449 g/mol. The van der Waals surface area contributed by atoms with Crippen LogP contribution in [0.3, 0.4) is 0 Å². The first kappa shape index (κ1) is 22.8. The number of carbonyl (C=O) groups excluding carboxylic acids is 1. The molecule has 1 saturated heterocycles. The third-order valence-corrected chi connectivity index (χ3v) is 6.28. The van der Waals surface area contributed by atoms with Gasteiger partial charge in [0.25, 0.3) is 0 Å². The van der Waals surface area contributed by atoms with Crippen molar-refractivity contribution in [2.45, 2.75) is 45.6 Å². The molecule has 1 amide bonds. The molecular weight excluding hydrogens is 418 g/mol. The third-order valence-electron chi connectivity index (χ3n) is 6.28. The van der Waals surface area contributed by atoms with Crippen molar-refractivity contribution in [3.05, 3.63) is 53.0 Å². The van der Waals surface area contributed by atoms with Gasteiger partial charge in [0.2, 0.25) is 11.9 Å². The molecule has 0 radical (unpaired) electrons. The second kappa shape index (κ2) is 9.60. The van der Waals surface area contributed by atoms with Crippen molar-refractivity contribution in [2.24, 2.45) is 0 Å². The number of likely N-dealkylation sites (tertiary alicyclic amines) is 1. The minimum absolute atomic E-state index is 0.116. The van der Waals surface area contributed by atoms with E-state index in [-0.39, 0.29) is 11.9 Å². The minimum Gasteiger partial charge on any atom is -0.497 e. The Hall–Kier alpha value is -3.42. The highest BCUT2D eigenvalue weighted by Crippen LogP contribution is 2.38. The van der Waals surface area contributed by atoms with Crippen molar-refractivity contribution in [3.8, 4) is 17.1 Å². The lowest BCUT2D eigenvalue weighted by atomic mass is 10.0. The highest BCUT2D eigenvalue weighted by molar-refractivity contribution is 5.78. The molecule has 174 valence electrons. The number of nitrogens with zero attached hydrogens (tertiary/aromatic N) is 5. The largest absolute Gasteiger partial charge is 0.497 e. The van der Waals surface area contributed by atoms with Gasteiger partial charge in [0.15, 0.2) is 5.76 Å². The summed E-state index contributed by atoms with van der Waals surface area (Å²) in [6, 6.07) is 7.75. The number of anilines is 1. The molecule has 1 aliphatic heterocycles. The van der Waals surface area contributed by atoms with Crippen LogP contribution in [0.15, 0.2) is 35.0 Å². The summed E-state index contributed by atoms with van der Waals surface area (Å²) in [5.74, 6) is 2.23. The number of methoxy groups -OCH3 is 1. The lowest BCUT2D eigenvalue weighted by Gasteiger charge is -2.26. The number of hydrogen-bond acceptors (Lipinski definition) is 7. The van der Waals surface area contributed by atoms with E-state index in [4.69, 9.17) is 14.2 Å². The molecule has 33 heavy (non-hydrogen) atoms. The molecule has 1 aliphatic rings. The van der Waals surface area contributed by atoms with Crippen molar-refractivity contribution in [3.63, 3.8) is 0 Å². The summed E-state index contributed by atoms with van der Waals surface area (Å²) < 4.78 is 10.9. The Kier molecular flexibility index (Phi) is 6.62. The van der Waals surface area contributed by atoms with E-state index in [2.05, 4.69) is 10.1 Å². The molecule has 1 fully saturated rings. The molecule has 0 aliphatic carbocycles. The Labute approximate surface area is 194 Å². The van der Waals surface area contributed by atoms with Gasteiger partial charge in [-0.15, -0.1) is 0 Å². The fourth-order valence-corrected chi connectivity index (χ4v) is 4.23. The Balaban J connectivity index is 1.60. The van der Waals surface area contributed by atoms with E-state index in [0.29, 0.717) is 24.6 Å². The van der Waals surface area contributed by atoms with Crippen LogP contribution in [0.25, 0.3) is 11.3 Å². The van der Waals surface area contributed by atoms with Crippen molar-refractivity contribution in [1.29, 1.82) is 0 Å². The fourth-order valence-electron chi connectivity index (χ4n) is 4.23. The molecular formula is C25H31N5O3. The first-order valence-electron chi connectivity index (χ1n) is 11.3. The molecule has 1 aromatic carbocycles. The Morgan fingerprint density at radius 1 is 1.24 bits per heavy atom. The van der Waals surface area contributed by atoms with Gasteiger partial charge in [-0.1, -0.05) is 17.3 Å². The van der Waals surface area contributed by atoms with Gasteiger partial charge in [0, 0.05) is 38.8 Å². The van der Waals surface area contributed by atoms with Gasteiger partial charge in [0.05, 0.1) is 30.1 Å². The predicted molar refractivity (Wildman–Crippen MR) is 126 cm³/mol. The van der Waals surface area contributed by atoms with E-state index in [1.807, 2.05) is 62.0 Å². The van der Waals surface area contributed by atoms with Gasteiger partial charge in [-0.05, 0) is 50.8 Å². The smallest absolute Gasteiger partial charge is 0.225 e. The Morgan fingerprint density at radius 2 is 2.00 bits per heavy atom. The molecule has 1 unspecified atom stereocenters.